The Bertz CT molecular complexity index is 1220. The molecule has 0 aliphatic heterocycles. The first-order valence-corrected chi connectivity index (χ1v) is 10.2. The van der Waals surface area contributed by atoms with Crippen molar-refractivity contribution in [3.05, 3.63) is 86.3 Å². The number of halogens is 4. The summed E-state index contributed by atoms with van der Waals surface area (Å²) < 4.78 is 15.3. The molecule has 0 saturated carbocycles. The number of nitrogens with one attached hydrogen (secondary N) is 2. The first kappa shape index (κ1) is 20.6. The second kappa shape index (κ2) is 8.59. The molecule has 1 amide bonds. The third-order valence-corrected chi connectivity index (χ3v) is 5.43. The maximum atomic E-state index is 13.1. The second-order valence-corrected chi connectivity index (χ2v) is 8.08. The molecule has 0 atom stereocenters. The van der Waals surface area contributed by atoms with Crippen LogP contribution in [0.2, 0.25) is 10.0 Å². The van der Waals surface area contributed by atoms with E-state index in [1.807, 2.05) is 6.07 Å². The Kier molecular flexibility index (Phi) is 5.90. The van der Waals surface area contributed by atoms with Crippen LogP contribution in [0.3, 0.4) is 0 Å². The largest absolute Gasteiger partial charge is 0.303 e. The molecular formula is C20H13BrCl2FN5O. The van der Waals surface area contributed by atoms with Gasteiger partial charge in [-0.1, -0.05) is 29.3 Å². The van der Waals surface area contributed by atoms with Gasteiger partial charge in [0.25, 0.3) is 5.91 Å². The maximum Gasteiger partial charge on any atom is 0.274 e. The van der Waals surface area contributed by atoms with Gasteiger partial charge in [0.1, 0.15) is 11.5 Å². The first-order valence-electron chi connectivity index (χ1n) is 8.68. The molecule has 6 nitrogen and oxygen atoms in total. The van der Waals surface area contributed by atoms with Gasteiger partial charge in [0, 0.05) is 21.8 Å². The fourth-order valence-corrected chi connectivity index (χ4v) is 3.65. The van der Waals surface area contributed by atoms with Crippen molar-refractivity contribution in [2.45, 2.75) is 6.54 Å². The van der Waals surface area contributed by atoms with Crippen molar-refractivity contribution >= 4 is 50.9 Å². The summed E-state index contributed by atoms with van der Waals surface area (Å²) in [6.45, 7) is 0.406. The highest BCUT2D eigenvalue weighted by molar-refractivity contribution is 9.10. The molecule has 0 bridgehead atoms. The van der Waals surface area contributed by atoms with Gasteiger partial charge in [0.05, 0.1) is 16.7 Å². The lowest BCUT2D eigenvalue weighted by Crippen LogP contribution is -2.13. The van der Waals surface area contributed by atoms with Gasteiger partial charge in [0.2, 0.25) is 0 Å². The van der Waals surface area contributed by atoms with Crippen molar-refractivity contribution in [3.8, 4) is 11.3 Å². The minimum atomic E-state index is -0.411. The highest BCUT2D eigenvalue weighted by Crippen LogP contribution is 2.25. The summed E-state index contributed by atoms with van der Waals surface area (Å²) in [6.07, 6.45) is 1.73. The number of nitrogens with zero attached hydrogens (tertiary/aromatic N) is 3. The summed E-state index contributed by atoms with van der Waals surface area (Å²) in [5.74, 6) is -0.401. The molecule has 0 aliphatic carbocycles. The lowest BCUT2D eigenvalue weighted by atomic mass is 10.1. The fraction of sp³-hybridized carbons (Fsp3) is 0.0500. The summed E-state index contributed by atoms with van der Waals surface area (Å²) in [4.78, 5) is 12.6. The molecule has 4 aromatic rings. The SMILES string of the molecule is O=C(Nc1nn(Cc2ccc(Cl)cc2Cl)cc1Br)c1cc(-c2ccc(F)cc2)n[nH]1. The number of anilines is 1. The number of amides is 1. The van der Waals surface area contributed by atoms with Crippen LogP contribution >= 0.6 is 39.1 Å². The van der Waals surface area contributed by atoms with E-state index in [0.29, 0.717) is 38.1 Å². The number of carbonyl (C=O) groups is 1. The van der Waals surface area contributed by atoms with Gasteiger partial charge in [-0.05, 0) is 64.0 Å². The van der Waals surface area contributed by atoms with E-state index in [-0.39, 0.29) is 11.5 Å². The molecule has 10 heteroatoms. The van der Waals surface area contributed by atoms with Crippen LogP contribution in [0.1, 0.15) is 16.1 Å². The summed E-state index contributed by atoms with van der Waals surface area (Å²) in [5, 5.41) is 15.0. The van der Waals surface area contributed by atoms with Gasteiger partial charge in [-0.2, -0.15) is 10.2 Å². The van der Waals surface area contributed by atoms with Gasteiger partial charge in [-0.3, -0.25) is 14.6 Å². The summed E-state index contributed by atoms with van der Waals surface area (Å²) in [5.41, 5.74) is 2.31. The smallest absolute Gasteiger partial charge is 0.274 e. The number of benzene rings is 2. The monoisotopic (exact) mass is 507 g/mol. The lowest BCUT2D eigenvalue weighted by molar-refractivity contribution is 0.102. The van der Waals surface area contributed by atoms with Crippen LogP contribution in [0.5, 0.6) is 0 Å². The summed E-state index contributed by atoms with van der Waals surface area (Å²) in [7, 11) is 0. The molecule has 2 aromatic heterocycles. The molecule has 2 heterocycles. The van der Waals surface area contributed by atoms with E-state index < -0.39 is 5.91 Å². The molecule has 0 radical (unpaired) electrons. The molecule has 0 fully saturated rings. The minimum Gasteiger partial charge on any atom is -0.303 e. The number of hydrogen-bond donors (Lipinski definition) is 2. The summed E-state index contributed by atoms with van der Waals surface area (Å²) in [6, 6.07) is 12.7. The third kappa shape index (κ3) is 4.56. The maximum absolute atomic E-state index is 13.1. The van der Waals surface area contributed by atoms with Crippen molar-refractivity contribution in [3.63, 3.8) is 0 Å². The topological polar surface area (TPSA) is 75.6 Å². The Labute approximate surface area is 189 Å². The molecule has 4 rings (SSSR count). The molecule has 2 aromatic carbocycles. The molecule has 0 spiro atoms. The van der Waals surface area contributed by atoms with E-state index in [4.69, 9.17) is 23.2 Å². The van der Waals surface area contributed by atoms with Crippen LogP contribution in [-0.2, 0) is 6.54 Å². The molecule has 0 saturated heterocycles. The Morgan fingerprint density at radius 2 is 1.93 bits per heavy atom. The Morgan fingerprint density at radius 1 is 1.17 bits per heavy atom. The minimum absolute atomic E-state index is 0.247. The van der Waals surface area contributed by atoms with Crippen LogP contribution in [0.25, 0.3) is 11.3 Å². The highest BCUT2D eigenvalue weighted by Gasteiger charge is 2.16. The standard InChI is InChI=1S/C20H13BrCl2FN5O/c21-15-10-29(9-12-1-4-13(22)7-16(12)23)28-19(15)25-20(30)18-8-17(26-27-18)11-2-5-14(24)6-3-11/h1-8,10H,9H2,(H,26,27)(H,25,28,30). The zero-order valence-electron chi connectivity index (χ0n) is 15.2. The predicted octanol–water partition coefficient (Wildman–Crippen LogP) is 5.78. The normalized spacial score (nSPS) is 10.9. The van der Waals surface area contributed by atoms with E-state index in [0.717, 1.165) is 5.56 Å². The zero-order chi connectivity index (χ0) is 21.3. The molecule has 152 valence electrons. The first-order chi connectivity index (χ1) is 14.4. The summed E-state index contributed by atoms with van der Waals surface area (Å²) >= 11 is 15.5. The van der Waals surface area contributed by atoms with Crippen molar-refractivity contribution in [2.24, 2.45) is 0 Å². The third-order valence-electron chi connectivity index (χ3n) is 4.26. The van der Waals surface area contributed by atoms with Crippen molar-refractivity contribution in [1.82, 2.24) is 20.0 Å². The van der Waals surface area contributed by atoms with Crippen molar-refractivity contribution < 1.29 is 9.18 Å². The zero-order valence-corrected chi connectivity index (χ0v) is 18.3. The van der Waals surface area contributed by atoms with E-state index >= 15 is 0 Å². The van der Waals surface area contributed by atoms with Gasteiger partial charge in [-0.25, -0.2) is 4.39 Å². The average Bonchev–Trinajstić information content (AvgIpc) is 3.32. The Balaban J connectivity index is 1.48. The van der Waals surface area contributed by atoms with Crippen molar-refractivity contribution in [1.29, 1.82) is 0 Å². The van der Waals surface area contributed by atoms with Gasteiger partial charge in [0.15, 0.2) is 5.82 Å². The van der Waals surface area contributed by atoms with E-state index in [1.54, 1.807) is 41.2 Å². The Hall–Kier alpha value is -2.68. The molecular weight excluding hydrogens is 496 g/mol. The van der Waals surface area contributed by atoms with Gasteiger partial charge in [-0.15, -0.1) is 0 Å². The van der Waals surface area contributed by atoms with Crippen molar-refractivity contribution in [2.75, 3.05) is 5.32 Å². The quantitative estimate of drug-likeness (QED) is 0.358. The number of rotatable bonds is 5. The highest BCUT2D eigenvalue weighted by atomic mass is 79.9. The van der Waals surface area contributed by atoms with Gasteiger partial charge < -0.3 is 5.32 Å². The van der Waals surface area contributed by atoms with Crippen LogP contribution < -0.4 is 5.32 Å². The van der Waals surface area contributed by atoms with E-state index in [9.17, 15) is 9.18 Å². The number of aromatic amines is 1. The molecule has 0 aliphatic rings. The number of carbonyl (C=O) groups excluding carboxylic acids is 1. The van der Waals surface area contributed by atoms with E-state index in [1.165, 1.54) is 12.1 Å². The lowest BCUT2D eigenvalue weighted by Gasteiger charge is -2.05. The van der Waals surface area contributed by atoms with Gasteiger partial charge >= 0.3 is 0 Å². The molecule has 30 heavy (non-hydrogen) atoms. The second-order valence-electron chi connectivity index (χ2n) is 6.39. The number of H-pyrrole nitrogens is 1. The van der Waals surface area contributed by atoms with Crippen LogP contribution in [-0.4, -0.2) is 25.9 Å². The van der Waals surface area contributed by atoms with Crippen LogP contribution in [0.15, 0.2) is 59.2 Å². The number of hydrogen-bond acceptors (Lipinski definition) is 3. The molecule has 2 N–H and O–H groups in total. The van der Waals surface area contributed by atoms with Crippen LogP contribution in [0, 0.1) is 5.82 Å². The molecule has 0 unspecified atom stereocenters. The predicted molar refractivity (Wildman–Crippen MR) is 117 cm³/mol. The average molecular weight is 509 g/mol. The Morgan fingerprint density at radius 3 is 2.67 bits per heavy atom. The van der Waals surface area contributed by atoms with Crippen LogP contribution in [0.4, 0.5) is 10.2 Å². The fourth-order valence-electron chi connectivity index (χ4n) is 2.77. The van der Waals surface area contributed by atoms with E-state index in [2.05, 4.69) is 36.5 Å². The number of aromatic nitrogens is 4.